The fourth-order valence-electron chi connectivity index (χ4n) is 1.96. The van der Waals surface area contributed by atoms with Crippen LogP contribution in [0.1, 0.15) is 20.8 Å². The van der Waals surface area contributed by atoms with Gasteiger partial charge in [0.05, 0.1) is 16.8 Å². The van der Waals surface area contributed by atoms with Gasteiger partial charge in [0.15, 0.2) is 0 Å². The van der Waals surface area contributed by atoms with Crippen LogP contribution in [0.15, 0.2) is 18.2 Å². The average Bonchev–Trinajstić information content (AvgIpc) is 2.34. The summed E-state index contributed by atoms with van der Waals surface area (Å²) in [5.74, 6) is 0. The van der Waals surface area contributed by atoms with Crippen molar-refractivity contribution in [1.29, 1.82) is 0 Å². The first-order valence-corrected chi connectivity index (χ1v) is 7.32. The van der Waals surface area contributed by atoms with Crippen LogP contribution in [0.3, 0.4) is 0 Å². The van der Waals surface area contributed by atoms with E-state index in [9.17, 15) is 9.90 Å². The van der Waals surface area contributed by atoms with Crippen LogP contribution in [0.25, 0.3) is 0 Å². The smallest absolute Gasteiger partial charge is 0.322 e. The van der Waals surface area contributed by atoms with Crippen molar-refractivity contribution in [3.8, 4) is 0 Å². The lowest BCUT2D eigenvalue weighted by molar-refractivity contribution is 0.125. The molecule has 0 saturated carbocycles. The van der Waals surface area contributed by atoms with Crippen molar-refractivity contribution in [1.82, 2.24) is 4.90 Å². The Labute approximate surface area is 131 Å². The predicted molar refractivity (Wildman–Crippen MR) is 88.3 cm³/mol. The van der Waals surface area contributed by atoms with E-state index in [4.69, 9.17) is 11.6 Å². The zero-order valence-electron chi connectivity index (χ0n) is 13.2. The van der Waals surface area contributed by atoms with Gasteiger partial charge in [0.25, 0.3) is 0 Å². The largest absolute Gasteiger partial charge is 0.392 e. The van der Waals surface area contributed by atoms with E-state index in [-0.39, 0.29) is 18.6 Å². The molecule has 0 fully saturated rings. The number of halogens is 1. The van der Waals surface area contributed by atoms with E-state index in [1.165, 1.54) is 0 Å². The second-order valence-electron chi connectivity index (χ2n) is 5.59. The third kappa shape index (κ3) is 5.10. The van der Waals surface area contributed by atoms with Gasteiger partial charge in [-0.25, -0.2) is 4.79 Å². The molecule has 2 N–H and O–H groups in total. The van der Waals surface area contributed by atoms with Gasteiger partial charge in [-0.2, -0.15) is 0 Å². The van der Waals surface area contributed by atoms with E-state index in [0.29, 0.717) is 10.7 Å². The second-order valence-corrected chi connectivity index (χ2v) is 5.99. The van der Waals surface area contributed by atoms with Gasteiger partial charge in [-0.15, -0.1) is 0 Å². The number of amides is 2. The van der Waals surface area contributed by atoms with E-state index >= 15 is 0 Å². The number of nitrogens with one attached hydrogen (secondary N) is 1. The molecule has 0 saturated heterocycles. The molecule has 0 aliphatic rings. The molecule has 0 aromatic heterocycles. The zero-order valence-corrected chi connectivity index (χ0v) is 14.0. The van der Waals surface area contributed by atoms with Crippen molar-refractivity contribution in [2.45, 2.75) is 32.9 Å². The molecule has 5 nitrogen and oxygen atoms in total. The predicted octanol–water partition coefficient (Wildman–Crippen LogP) is 3.03. The highest BCUT2D eigenvalue weighted by Crippen LogP contribution is 2.27. The molecule has 1 unspecified atom stereocenters. The van der Waals surface area contributed by atoms with Crippen LogP contribution >= 0.6 is 11.6 Å². The normalized spacial score (nSPS) is 12.2. The third-order valence-corrected chi connectivity index (χ3v) is 3.33. The van der Waals surface area contributed by atoms with Crippen molar-refractivity contribution in [3.63, 3.8) is 0 Å². The molecule has 1 atom stereocenters. The van der Waals surface area contributed by atoms with Crippen molar-refractivity contribution in [2.75, 3.05) is 30.9 Å². The highest BCUT2D eigenvalue weighted by molar-refractivity contribution is 6.33. The minimum Gasteiger partial charge on any atom is -0.392 e. The minimum absolute atomic E-state index is 0.00359. The number of carbonyl (C=O) groups is 1. The van der Waals surface area contributed by atoms with Crippen molar-refractivity contribution < 1.29 is 9.90 Å². The molecule has 0 aliphatic carbocycles. The van der Waals surface area contributed by atoms with E-state index < -0.39 is 6.10 Å². The Hall–Kier alpha value is -1.46. The number of urea groups is 1. The third-order valence-electron chi connectivity index (χ3n) is 3.03. The van der Waals surface area contributed by atoms with Gasteiger partial charge < -0.3 is 20.2 Å². The lowest BCUT2D eigenvalue weighted by Crippen LogP contribution is -2.43. The molecule has 1 rings (SSSR count). The first-order chi connectivity index (χ1) is 9.72. The summed E-state index contributed by atoms with van der Waals surface area (Å²) < 4.78 is 0. The zero-order chi connectivity index (χ0) is 16.2. The maximum Gasteiger partial charge on any atom is 0.322 e. The van der Waals surface area contributed by atoms with Crippen molar-refractivity contribution >= 4 is 29.0 Å². The van der Waals surface area contributed by atoms with Crippen LogP contribution < -0.4 is 10.2 Å². The summed E-state index contributed by atoms with van der Waals surface area (Å²) in [5, 5.41) is 12.9. The Bertz CT molecular complexity index is 490. The summed E-state index contributed by atoms with van der Waals surface area (Å²) in [6.07, 6.45) is -0.571. The van der Waals surface area contributed by atoms with Gasteiger partial charge in [0.1, 0.15) is 0 Å². The summed E-state index contributed by atoms with van der Waals surface area (Å²) in [7, 11) is 3.81. The monoisotopic (exact) mass is 313 g/mol. The van der Waals surface area contributed by atoms with Gasteiger partial charge in [-0.05, 0) is 39.0 Å². The number of carbonyl (C=O) groups excluding carboxylic acids is 1. The molecule has 1 aromatic rings. The number of rotatable bonds is 5. The number of anilines is 2. The number of aliphatic hydroxyl groups excluding tert-OH is 1. The lowest BCUT2D eigenvalue weighted by Gasteiger charge is -2.28. The van der Waals surface area contributed by atoms with Crippen LogP contribution in [0.4, 0.5) is 16.2 Å². The number of nitrogens with zero attached hydrogens (tertiary/aromatic N) is 2. The topological polar surface area (TPSA) is 55.8 Å². The fraction of sp³-hybridized carbons (Fsp3) is 0.533. The molecule has 21 heavy (non-hydrogen) atoms. The molecule has 1 aromatic carbocycles. The number of hydrogen-bond donors (Lipinski definition) is 2. The number of benzene rings is 1. The van der Waals surface area contributed by atoms with Crippen molar-refractivity contribution in [3.05, 3.63) is 23.2 Å². The molecule has 0 spiro atoms. The molecule has 2 amide bonds. The highest BCUT2D eigenvalue weighted by Gasteiger charge is 2.19. The maximum atomic E-state index is 12.3. The maximum absolute atomic E-state index is 12.3. The molecule has 0 aliphatic heterocycles. The van der Waals surface area contributed by atoms with Gasteiger partial charge in [0, 0.05) is 32.4 Å². The Balaban J connectivity index is 2.84. The molecule has 0 bridgehead atoms. The molecular formula is C15H24ClN3O2. The summed E-state index contributed by atoms with van der Waals surface area (Å²) in [6, 6.07) is 5.12. The van der Waals surface area contributed by atoms with Gasteiger partial charge in [0.2, 0.25) is 0 Å². The quantitative estimate of drug-likeness (QED) is 0.878. The van der Waals surface area contributed by atoms with E-state index in [1.807, 2.05) is 38.9 Å². The molecule has 0 radical (unpaired) electrons. The van der Waals surface area contributed by atoms with Crippen molar-refractivity contribution in [2.24, 2.45) is 0 Å². The van der Waals surface area contributed by atoms with E-state index in [0.717, 1.165) is 5.69 Å². The SMILES string of the molecule is CC(O)CN(C(=O)Nc1ccc(N(C)C)c(Cl)c1)C(C)C. The summed E-state index contributed by atoms with van der Waals surface area (Å²) in [4.78, 5) is 15.8. The first kappa shape index (κ1) is 17.6. The highest BCUT2D eigenvalue weighted by atomic mass is 35.5. The summed E-state index contributed by atoms with van der Waals surface area (Å²) >= 11 is 6.19. The Morgan fingerprint density at radius 2 is 1.95 bits per heavy atom. The van der Waals surface area contributed by atoms with Crippen LogP contribution in [-0.4, -0.2) is 48.8 Å². The van der Waals surface area contributed by atoms with Gasteiger partial charge >= 0.3 is 6.03 Å². The number of aliphatic hydroxyl groups is 1. The molecule has 6 heteroatoms. The number of hydrogen-bond acceptors (Lipinski definition) is 3. The summed E-state index contributed by atoms with van der Waals surface area (Å²) in [6.45, 7) is 5.76. The fourth-order valence-corrected chi connectivity index (χ4v) is 2.31. The van der Waals surface area contributed by atoms with Crippen LogP contribution in [-0.2, 0) is 0 Å². The molecule has 0 heterocycles. The van der Waals surface area contributed by atoms with Crippen LogP contribution in [0, 0.1) is 0 Å². The second kappa shape index (κ2) is 7.52. The van der Waals surface area contributed by atoms with E-state index in [1.54, 1.807) is 24.0 Å². The van der Waals surface area contributed by atoms with Gasteiger partial charge in [-0.3, -0.25) is 0 Å². The summed E-state index contributed by atoms with van der Waals surface area (Å²) in [5.41, 5.74) is 1.52. The lowest BCUT2D eigenvalue weighted by atomic mass is 10.2. The molecular weight excluding hydrogens is 290 g/mol. The average molecular weight is 314 g/mol. The minimum atomic E-state index is -0.571. The van der Waals surface area contributed by atoms with Crippen LogP contribution in [0.5, 0.6) is 0 Å². The Kier molecular flexibility index (Phi) is 6.30. The molecule has 118 valence electrons. The standard InChI is InChI=1S/C15H24ClN3O2/c1-10(2)19(9-11(3)20)15(21)17-12-6-7-14(18(4)5)13(16)8-12/h6-8,10-11,20H,9H2,1-5H3,(H,17,21). The van der Waals surface area contributed by atoms with Crippen LogP contribution in [0.2, 0.25) is 5.02 Å². The Morgan fingerprint density at radius 1 is 1.33 bits per heavy atom. The van der Waals surface area contributed by atoms with Gasteiger partial charge in [-0.1, -0.05) is 11.6 Å². The first-order valence-electron chi connectivity index (χ1n) is 6.95. The van der Waals surface area contributed by atoms with E-state index in [2.05, 4.69) is 5.32 Å². The Morgan fingerprint density at radius 3 is 2.38 bits per heavy atom.